The highest BCUT2D eigenvalue weighted by Crippen LogP contribution is 2.26. The molecule has 3 rings (SSSR count). The Morgan fingerprint density at radius 2 is 1.74 bits per heavy atom. The molecule has 3 aromatic carbocycles. The van der Waals surface area contributed by atoms with Crippen molar-refractivity contribution < 1.29 is 18.4 Å². The molecule has 0 fully saturated rings. The summed E-state index contributed by atoms with van der Waals surface area (Å²) in [5, 5.41) is 4.46. The van der Waals surface area contributed by atoms with E-state index in [2.05, 4.69) is 5.32 Å². The summed E-state index contributed by atoms with van der Waals surface area (Å²) in [6.07, 6.45) is 0.0499. The number of carbonyl (C=O) groups is 2. The summed E-state index contributed by atoms with van der Waals surface area (Å²) in [4.78, 5) is 26.0. The fourth-order valence-corrected chi connectivity index (χ4v) is 2.85. The van der Waals surface area contributed by atoms with Gasteiger partial charge in [-0.3, -0.25) is 9.59 Å². The van der Waals surface area contributed by atoms with Crippen molar-refractivity contribution in [1.29, 1.82) is 0 Å². The SMILES string of the molecule is CN(C(=O)CCNC(=O)c1ccc(F)cc1F)c1cccc2ccccc12. The minimum Gasteiger partial charge on any atom is -0.351 e. The molecule has 0 heterocycles. The van der Waals surface area contributed by atoms with Crippen molar-refractivity contribution in [2.45, 2.75) is 6.42 Å². The van der Waals surface area contributed by atoms with Gasteiger partial charge in [-0.15, -0.1) is 0 Å². The fraction of sp³-hybridized carbons (Fsp3) is 0.143. The zero-order chi connectivity index (χ0) is 19.4. The maximum Gasteiger partial charge on any atom is 0.254 e. The molecule has 27 heavy (non-hydrogen) atoms. The number of carbonyl (C=O) groups excluding carboxylic acids is 2. The Balaban J connectivity index is 1.62. The number of fused-ring (bicyclic) bond motifs is 1. The highest BCUT2D eigenvalue weighted by atomic mass is 19.1. The lowest BCUT2D eigenvalue weighted by atomic mass is 10.1. The van der Waals surface area contributed by atoms with E-state index in [1.807, 2.05) is 42.5 Å². The quantitative estimate of drug-likeness (QED) is 0.743. The first-order valence-electron chi connectivity index (χ1n) is 8.45. The Bertz CT molecular complexity index is 999. The van der Waals surface area contributed by atoms with Gasteiger partial charge in [0.25, 0.3) is 5.91 Å². The second-order valence-electron chi connectivity index (χ2n) is 6.08. The molecule has 0 unspecified atom stereocenters. The summed E-state index contributed by atoms with van der Waals surface area (Å²) in [7, 11) is 1.67. The molecule has 0 radical (unpaired) electrons. The summed E-state index contributed by atoms with van der Waals surface area (Å²) in [5.41, 5.74) is 0.514. The van der Waals surface area contributed by atoms with Crippen LogP contribution >= 0.6 is 0 Å². The molecule has 0 aliphatic rings. The number of rotatable bonds is 5. The Labute approximate surface area is 155 Å². The summed E-state index contributed by atoms with van der Waals surface area (Å²) in [6.45, 7) is 0.0452. The molecule has 138 valence electrons. The van der Waals surface area contributed by atoms with Crippen LogP contribution in [0.4, 0.5) is 14.5 Å². The first-order chi connectivity index (χ1) is 13.0. The average Bonchev–Trinajstić information content (AvgIpc) is 2.66. The van der Waals surface area contributed by atoms with Crippen LogP contribution in [0.25, 0.3) is 10.8 Å². The molecule has 3 aromatic rings. The zero-order valence-electron chi connectivity index (χ0n) is 14.7. The van der Waals surface area contributed by atoms with Gasteiger partial charge in [0.2, 0.25) is 5.91 Å². The molecule has 0 bridgehead atoms. The number of halogens is 2. The standard InChI is InChI=1S/C21H18F2N2O2/c1-25(19-8-4-6-14-5-2-3-7-16(14)19)20(26)11-12-24-21(27)17-10-9-15(22)13-18(17)23/h2-10,13H,11-12H2,1H3,(H,24,27). The first-order valence-corrected chi connectivity index (χ1v) is 8.45. The van der Waals surface area contributed by atoms with Crippen LogP contribution < -0.4 is 10.2 Å². The number of benzene rings is 3. The van der Waals surface area contributed by atoms with Gasteiger partial charge in [0, 0.05) is 31.5 Å². The predicted octanol–water partition coefficient (Wildman–Crippen LogP) is 3.90. The lowest BCUT2D eigenvalue weighted by molar-refractivity contribution is -0.118. The van der Waals surface area contributed by atoms with Crippen LogP contribution in [0.5, 0.6) is 0 Å². The lowest BCUT2D eigenvalue weighted by Gasteiger charge is -2.19. The molecule has 0 spiro atoms. The molecule has 0 aromatic heterocycles. The number of nitrogens with one attached hydrogen (secondary N) is 1. The van der Waals surface area contributed by atoms with Gasteiger partial charge in [-0.1, -0.05) is 36.4 Å². The van der Waals surface area contributed by atoms with Gasteiger partial charge in [-0.2, -0.15) is 0 Å². The number of hydrogen-bond acceptors (Lipinski definition) is 2. The van der Waals surface area contributed by atoms with E-state index < -0.39 is 17.5 Å². The van der Waals surface area contributed by atoms with E-state index in [4.69, 9.17) is 0 Å². The molecule has 0 saturated heterocycles. The van der Waals surface area contributed by atoms with Gasteiger partial charge in [0.05, 0.1) is 11.3 Å². The van der Waals surface area contributed by atoms with Crippen molar-refractivity contribution in [3.63, 3.8) is 0 Å². The van der Waals surface area contributed by atoms with Crippen molar-refractivity contribution in [1.82, 2.24) is 5.32 Å². The van der Waals surface area contributed by atoms with Gasteiger partial charge in [0.1, 0.15) is 11.6 Å². The Kier molecular flexibility index (Phi) is 5.45. The molecule has 2 amide bonds. The smallest absolute Gasteiger partial charge is 0.254 e. The van der Waals surface area contributed by atoms with E-state index in [0.29, 0.717) is 6.07 Å². The van der Waals surface area contributed by atoms with E-state index in [1.54, 1.807) is 7.05 Å². The summed E-state index contributed by atoms with van der Waals surface area (Å²) in [5.74, 6) is -2.57. The maximum absolute atomic E-state index is 13.6. The molecule has 0 aliphatic heterocycles. The molecular formula is C21H18F2N2O2. The van der Waals surface area contributed by atoms with Crippen molar-refractivity contribution in [3.8, 4) is 0 Å². The third kappa shape index (κ3) is 4.11. The van der Waals surface area contributed by atoms with Crippen LogP contribution in [-0.2, 0) is 4.79 Å². The van der Waals surface area contributed by atoms with Gasteiger partial charge < -0.3 is 10.2 Å². The van der Waals surface area contributed by atoms with Gasteiger partial charge in [-0.05, 0) is 23.6 Å². The molecule has 1 N–H and O–H groups in total. The van der Waals surface area contributed by atoms with Crippen molar-refractivity contribution in [2.75, 3.05) is 18.5 Å². The number of nitrogens with zero attached hydrogens (tertiary/aromatic N) is 1. The maximum atomic E-state index is 13.6. The summed E-state index contributed by atoms with van der Waals surface area (Å²) in [6, 6.07) is 16.2. The van der Waals surface area contributed by atoms with Crippen LogP contribution in [0.1, 0.15) is 16.8 Å². The van der Waals surface area contributed by atoms with Gasteiger partial charge >= 0.3 is 0 Å². The molecule has 6 heteroatoms. The number of hydrogen-bond donors (Lipinski definition) is 1. The largest absolute Gasteiger partial charge is 0.351 e. The van der Waals surface area contributed by atoms with E-state index in [1.165, 1.54) is 4.90 Å². The zero-order valence-corrected chi connectivity index (χ0v) is 14.7. The van der Waals surface area contributed by atoms with Crippen LogP contribution in [0.2, 0.25) is 0 Å². The molecule has 4 nitrogen and oxygen atoms in total. The summed E-state index contributed by atoms with van der Waals surface area (Å²) >= 11 is 0. The Morgan fingerprint density at radius 1 is 1.00 bits per heavy atom. The minimum atomic E-state index is -0.938. The summed E-state index contributed by atoms with van der Waals surface area (Å²) < 4.78 is 26.5. The van der Waals surface area contributed by atoms with E-state index in [9.17, 15) is 18.4 Å². The van der Waals surface area contributed by atoms with Crippen molar-refractivity contribution in [2.24, 2.45) is 0 Å². The minimum absolute atomic E-state index is 0.0452. The Morgan fingerprint density at radius 3 is 2.52 bits per heavy atom. The van der Waals surface area contributed by atoms with Crippen LogP contribution in [-0.4, -0.2) is 25.4 Å². The monoisotopic (exact) mass is 368 g/mol. The fourth-order valence-electron chi connectivity index (χ4n) is 2.85. The molecule has 0 atom stereocenters. The average molecular weight is 368 g/mol. The van der Waals surface area contributed by atoms with Crippen LogP contribution in [0.3, 0.4) is 0 Å². The van der Waals surface area contributed by atoms with Crippen LogP contribution in [0, 0.1) is 11.6 Å². The highest BCUT2D eigenvalue weighted by molar-refractivity contribution is 6.03. The third-order valence-electron chi connectivity index (χ3n) is 4.30. The first kappa shape index (κ1) is 18.5. The normalized spacial score (nSPS) is 10.6. The van der Waals surface area contributed by atoms with Crippen molar-refractivity contribution in [3.05, 3.63) is 77.9 Å². The molecule has 0 aliphatic carbocycles. The molecular weight excluding hydrogens is 350 g/mol. The number of anilines is 1. The second kappa shape index (κ2) is 7.95. The van der Waals surface area contributed by atoms with Gasteiger partial charge in [0.15, 0.2) is 0 Å². The van der Waals surface area contributed by atoms with E-state index in [0.717, 1.165) is 28.6 Å². The second-order valence-corrected chi connectivity index (χ2v) is 6.08. The van der Waals surface area contributed by atoms with E-state index >= 15 is 0 Å². The third-order valence-corrected chi connectivity index (χ3v) is 4.30. The van der Waals surface area contributed by atoms with Crippen molar-refractivity contribution >= 4 is 28.3 Å². The van der Waals surface area contributed by atoms with E-state index in [-0.39, 0.29) is 24.4 Å². The Hall–Kier alpha value is -3.28. The molecule has 0 saturated carbocycles. The topological polar surface area (TPSA) is 49.4 Å². The number of amides is 2. The van der Waals surface area contributed by atoms with Gasteiger partial charge in [-0.25, -0.2) is 8.78 Å². The van der Waals surface area contributed by atoms with Crippen LogP contribution in [0.15, 0.2) is 60.7 Å². The highest BCUT2D eigenvalue weighted by Gasteiger charge is 2.15. The lowest BCUT2D eigenvalue weighted by Crippen LogP contribution is -2.32. The predicted molar refractivity (Wildman–Crippen MR) is 101 cm³/mol.